The largest absolute Gasteiger partial charge is 0.444 e. The van der Waals surface area contributed by atoms with Gasteiger partial charge in [0.05, 0.1) is 35.2 Å². The average Bonchev–Trinajstić information content (AvgIpc) is 4.03. The van der Waals surface area contributed by atoms with E-state index in [9.17, 15) is 51.5 Å². The van der Waals surface area contributed by atoms with Gasteiger partial charge in [0.15, 0.2) is 17.2 Å². The Morgan fingerprint density at radius 2 is 1.73 bits per heavy atom. The highest BCUT2D eigenvalue weighted by molar-refractivity contribution is 6.25. The number of benzene rings is 2. The molecular weight excluding hydrogens is 922 g/mol. The molecule has 358 valence electrons. The van der Waals surface area contributed by atoms with Crippen LogP contribution >= 0.6 is 0 Å². The third-order valence-electron chi connectivity index (χ3n) is 10.2. The van der Waals surface area contributed by atoms with Crippen LogP contribution in [0.5, 0.6) is 0 Å². The lowest BCUT2D eigenvalue weighted by molar-refractivity contribution is -0.136. The van der Waals surface area contributed by atoms with E-state index in [1.165, 1.54) is 55.9 Å². The summed E-state index contributed by atoms with van der Waals surface area (Å²) in [6, 6.07) is 12.1. The van der Waals surface area contributed by atoms with Gasteiger partial charge in [0, 0.05) is 42.3 Å². The van der Waals surface area contributed by atoms with Crippen LogP contribution in [0.4, 0.5) is 35.2 Å². The number of piperidine rings is 1. The molecule has 0 aliphatic carbocycles. The fourth-order valence-corrected chi connectivity index (χ4v) is 7.03. The number of fused-ring (bicyclic) bond motifs is 1. The standard InChI is InChI=1S/C47H39F3N10O10/c1-46(2,3)70-45(68)58(25-47(48,49)50)35-22-27(19-21-53-35)42-55-32(24-69-42)40(64)54-31-23-59(57-38(31)39(51)63)28-15-13-26(14-16-28)34(61)12-7-5-4-6-8-20-52-30-11-9-10-29-37(30)44(67)60(43(29)66)33-17-18-36(62)56-41(33)65/h9-11,13-16,19,21-24,33,52H,7,12,17-18,20,25H2,1-3H3,(H2,51,63)(H,54,64)(H,56,62,65). The van der Waals surface area contributed by atoms with Crippen molar-refractivity contribution >= 4 is 64.5 Å². The van der Waals surface area contributed by atoms with E-state index in [1.807, 2.05) is 0 Å². The number of nitrogens with zero attached hydrogens (tertiary/aromatic N) is 6. The zero-order chi connectivity index (χ0) is 50.5. The molecule has 5 heterocycles. The van der Waals surface area contributed by atoms with Gasteiger partial charge < -0.3 is 25.5 Å². The molecule has 7 rings (SSSR count). The number of carbonyl (C=O) groups is 8. The molecule has 3 aromatic heterocycles. The van der Waals surface area contributed by atoms with Crippen molar-refractivity contribution in [2.45, 2.75) is 64.3 Å². The van der Waals surface area contributed by atoms with Gasteiger partial charge in [-0.1, -0.05) is 17.9 Å². The number of rotatable bonds is 13. The topological polar surface area (TPSA) is 271 Å². The Kier molecular flexibility index (Phi) is 13.9. The SMILES string of the molecule is CC(C)(C)OC(=O)N(CC(F)(F)F)c1cc(-c2nc(C(=O)Nc3cn(-c4ccc(C(=O)CCC#CC#CCNc5cccc6c5C(=O)N(C5CCC(=O)NC5=O)C6=O)cc4)nc3C(N)=O)co2)ccn1. The van der Waals surface area contributed by atoms with E-state index in [4.69, 9.17) is 14.9 Å². The monoisotopic (exact) mass is 960 g/mol. The lowest BCUT2D eigenvalue weighted by Gasteiger charge is -2.27. The van der Waals surface area contributed by atoms with Gasteiger partial charge in [-0.2, -0.15) is 18.3 Å². The Labute approximate surface area is 395 Å². The quantitative estimate of drug-likeness (QED) is 0.0683. The number of alkyl halides is 3. The van der Waals surface area contributed by atoms with Crippen molar-refractivity contribution in [3.05, 3.63) is 101 Å². The molecule has 5 N–H and O–H groups in total. The molecule has 23 heteroatoms. The number of halogens is 3. The van der Waals surface area contributed by atoms with Gasteiger partial charge in [-0.3, -0.25) is 48.7 Å². The van der Waals surface area contributed by atoms with Crippen LogP contribution < -0.4 is 26.6 Å². The van der Waals surface area contributed by atoms with Gasteiger partial charge in [0.2, 0.25) is 17.7 Å². The van der Waals surface area contributed by atoms with Crippen LogP contribution in [0, 0.1) is 23.7 Å². The first-order valence-corrected chi connectivity index (χ1v) is 21.1. The van der Waals surface area contributed by atoms with Crippen LogP contribution in [-0.2, 0) is 14.3 Å². The van der Waals surface area contributed by atoms with Gasteiger partial charge >= 0.3 is 12.3 Å². The summed E-state index contributed by atoms with van der Waals surface area (Å²) in [5.74, 6) is 5.71. The van der Waals surface area contributed by atoms with Gasteiger partial charge in [0.1, 0.15) is 30.3 Å². The van der Waals surface area contributed by atoms with Gasteiger partial charge in [-0.15, -0.1) is 0 Å². The number of nitrogens with two attached hydrogens (primary N) is 1. The molecule has 1 unspecified atom stereocenters. The smallest absolute Gasteiger partial charge is 0.416 e. The molecule has 5 aromatic rings. The van der Waals surface area contributed by atoms with Crippen molar-refractivity contribution in [2.24, 2.45) is 5.73 Å². The van der Waals surface area contributed by atoms with E-state index in [0.29, 0.717) is 21.8 Å². The predicted octanol–water partition coefficient (Wildman–Crippen LogP) is 5.06. The molecule has 0 spiro atoms. The Morgan fingerprint density at radius 1 is 0.986 bits per heavy atom. The molecule has 70 heavy (non-hydrogen) atoms. The number of ketones is 1. The summed E-state index contributed by atoms with van der Waals surface area (Å²) in [6.07, 6.45) is -2.46. The summed E-state index contributed by atoms with van der Waals surface area (Å²) < 4.78 is 52.2. The third kappa shape index (κ3) is 11.3. The van der Waals surface area contributed by atoms with Gasteiger partial charge in [-0.25, -0.2) is 19.4 Å². The maximum absolute atomic E-state index is 13.5. The fraction of sp³-hybridized carbons (Fsp3) is 0.255. The first kappa shape index (κ1) is 48.8. The lowest BCUT2D eigenvalue weighted by atomic mass is 10.0. The van der Waals surface area contributed by atoms with E-state index in [-0.39, 0.29) is 77.7 Å². The highest BCUT2D eigenvalue weighted by Crippen LogP contribution is 2.33. The number of aromatic nitrogens is 4. The van der Waals surface area contributed by atoms with Gasteiger partial charge in [0.25, 0.3) is 23.6 Å². The normalized spacial score (nSPS) is 14.4. The fourth-order valence-electron chi connectivity index (χ4n) is 7.03. The maximum Gasteiger partial charge on any atom is 0.416 e. The van der Waals surface area contributed by atoms with Crippen LogP contribution in [0.2, 0.25) is 0 Å². The second kappa shape index (κ2) is 20.0. The maximum atomic E-state index is 13.5. The summed E-state index contributed by atoms with van der Waals surface area (Å²) in [5.41, 5.74) is 5.04. The molecular formula is C47H39F3N10O10. The second-order valence-corrected chi connectivity index (χ2v) is 16.4. The molecule has 7 amide bonds. The Morgan fingerprint density at radius 3 is 2.43 bits per heavy atom. The zero-order valence-electron chi connectivity index (χ0n) is 37.2. The number of anilines is 3. The third-order valence-corrected chi connectivity index (χ3v) is 10.2. The number of amides is 7. The van der Waals surface area contributed by atoms with E-state index >= 15 is 0 Å². The van der Waals surface area contributed by atoms with Crippen LogP contribution in [0.1, 0.15) is 98.5 Å². The van der Waals surface area contributed by atoms with E-state index in [2.05, 4.69) is 54.7 Å². The summed E-state index contributed by atoms with van der Waals surface area (Å²) in [6.45, 7) is 2.82. The minimum absolute atomic E-state index is 0.000171. The minimum Gasteiger partial charge on any atom is -0.444 e. The number of nitrogens with one attached hydrogen (secondary N) is 3. The van der Waals surface area contributed by atoms with Crippen molar-refractivity contribution in [1.82, 2.24) is 30.0 Å². The second-order valence-electron chi connectivity index (χ2n) is 16.4. The van der Waals surface area contributed by atoms with Crippen molar-refractivity contribution < 1.29 is 60.7 Å². The highest BCUT2D eigenvalue weighted by Gasteiger charge is 2.45. The number of Topliss-reactive ketones (excluding diaryl/α,β-unsaturated/α-hetero) is 1. The number of imide groups is 2. The molecule has 20 nitrogen and oxygen atoms in total. The number of carbonyl (C=O) groups excluding carboxylic acids is 8. The summed E-state index contributed by atoms with van der Waals surface area (Å²) >= 11 is 0. The molecule has 1 saturated heterocycles. The molecule has 0 radical (unpaired) electrons. The summed E-state index contributed by atoms with van der Waals surface area (Å²) in [5, 5.41) is 11.8. The zero-order valence-corrected chi connectivity index (χ0v) is 37.2. The van der Waals surface area contributed by atoms with Crippen molar-refractivity contribution in [3.63, 3.8) is 0 Å². The molecule has 0 saturated carbocycles. The first-order chi connectivity index (χ1) is 33.2. The first-order valence-electron chi connectivity index (χ1n) is 21.1. The highest BCUT2D eigenvalue weighted by atomic mass is 19.4. The van der Waals surface area contributed by atoms with E-state index < -0.39 is 71.7 Å². The minimum atomic E-state index is -4.81. The molecule has 0 bridgehead atoms. The summed E-state index contributed by atoms with van der Waals surface area (Å²) in [4.78, 5) is 111. The van der Waals surface area contributed by atoms with Crippen LogP contribution in [-0.4, -0.2) is 103 Å². The molecule has 2 aliphatic rings. The number of hydrogen-bond acceptors (Lipinski definition) is 14. The van der Waals surface area contributed by atoms with Crippen LogP contribution in [0.3, 0.4) is 0 Å². The number of hydrogen-bond donors (Lipinski definition) is 4. The van der Waals surface area contributed by atoms with Crippen molar-refractivity contribution in [1.29, 1.82) is 0 Å². The van der Waals surface area contributed by atoms with Crippen LogP contribution in [0.15, 0.2) is 77.7 Å². The number of primary amides is 1. The Hall–Kier alpha value is -9.12. The molecule has 2 aliphatic heterocycles. The van der Waals surface area contributed by atoms with E-state index in [1.54, 1.807) is 24.3 Å². The lowest BCUT2D eigenvalue weighted by Crippen LogP contribution is -2.54. The van der Waals surface area contributed by atoms with Crippen molar-refractivity contribution in [3.8, 4) is 40.8 Å². The molecule has 1 fully saturated rings. The van der Waals surface area contributed by atoms with Crippen LogP contribution in [0.25, 0.3) is 17.1 Å². The number of pyridine rings is 1. The van der Waals surface area contributed by atoms with Gasteiger partial charge in [-0.05, 0) is 87.6 Å². The van der Waals surface area contributed by atoms with E-state index in [0.717, 1.165) is 23.4 Å². The Balaban J connectivity index is 0.927. The van der Waals surface area contributed by atoms with Crippen molar-refractivity contribution in [2.75, 3.05) is 28.6 Å². The molecule has 1 atom stereocenters. The number of ether oxygens (including phenoxy) is 1. The Bertz CT molecular complexity index is 3100. The predicted molar refractivity (Wildman–Crippen MR) is 240 cm³/mol. The average molecular weight is 961 g/mol. The molecule has 2 aromatic carbocycles. The number of oxazole rings is 1. The summed E-state index contributed by atoms with van der Waals surface area (Å²) in [7, 11) is 0.